The second kappa shape index (κ2) is 5.50. The number of rotatable bonds is 2. The van der Waals surface area contributed by atoms with E-state index in [0.29, 0.717) is 11.4 Å². The van der Waals surface area contributed by atoms with E-state index < -0.39 is 0 Å². The molecule has 1 aromatic rings. The monoisotopic (exact) mass is 244 g/mol. The molecule has 5 heteroatoms. The third-order valence-corrected chi connectivity index (χ3v) is 3.23. The Morgan fingerprint density at radius 3 is 3.17 bits per heavy atom. The number of anilines is 1. The number of nitrogens with one attached hydrogen (secondary N) is 1. The molecule has 1 aliphatic rings. The van der Waals surface area contributed by atoms with E-state index in [2.05, 4.69) is 16.4 Å². The van der Waals surface area contributed by atoms with Crippen molar-refractivity contribution in [3.63, 3.8) is 0 Å². The van der Waals surface area contributed by atoms with Crippen molar-refractivity contribution in [2.24, 2.45) is 0 Å². The van der Waals surface area contributed by atoms with E-state index in [0.717, 1.165) is 25.8 Å². The molecule has 1 unspecified atom stereocenters. The molecule has 1 atom stereocenters. The number of hydrogen-bond donors (Lipinski definition) is 1. The van der Waals surface area contributed by atoms with Gasteiger partial charge in [-0.15, -0.1) is 0 Å². The highest BCUT2D eigenvalue weighted by Gasteiger charge is 2.30. The van der Waals surface area contributed by atoms with Crippen LogP contribution in [0, 0.1) is 11.3 Å². The summed E-state index contributed by atoms with van der Waals surface area (Å²) in [5.74, 6) is 0.609. The molecule has 0 radical (unpaired) electrons. The third kappa shape index (κ3) is 2.28. The molecule has 18 heavy (non-hydrogen) atoms. The second-order valence-electron chi connectivity index (χ2n) is 4.31. The van der Waals surface area contributed by atoms with Gasteiger partial charge in [0.2, 0.25) is 5.91 Å². The first-order valence-corrected chi connectivity index (χ1v) is 6.11. The first kappa shape index (κ1) is 12.4. The Kier molecular flexibility index (Phi) is 3.78. The molecular formula is C13H16N4O. The van der Waals surface area contributed by atoms with Crippen molar-refractivity contribution in [3.05, 3.63) is 23.9 Å². The number of likely N-dealkylation sites (N-methyl/N-ethyl adjacent to an activating group) is 1. The Bertz CT molecular complexity index is 480. The van der Waals surface area contributed by atoms with Crippen LogP contribution in [0.1, 0.15) is 24.8 Å². The van der Waals surface area contributed by atoms with Crippen LogP contribution in [0.2, 0.25) is 0 Å². The Balaban J connectivity index is 2.34. The van der Waals surface area contributed by atoms with Crippen LogP contribution in [0.15, 0.2) is 18.3 Å². The van der Waals surface area contributed by atoms with Gasteiger partial charge in [-0.25, -0.2) is 4.98 Å². The fraction of sp³-hybridized carbons (Fsp3) is 0.462. The number of pyridine rings is 1. The topological polar surface area (TPSA) is 69.0 Å². The van der Waals surface area contributed by atoms with Crippen LogP contribution >= 0.6 is 0 Å². The summed E-state index contributed by atoms with van der Waals surface area (Å²) in [7, 11) is 1.64. The lowest BCUT2D eigenvalue weighted by molar-refractivity contribution is -0.122. The molecule has 94 valence electrons. The number of hydrogen-bond acceptors (Lipinski definition) is 4. The van der Waals surface area contributed by atoms with Crippen molar-refractivity contribution in [3.8, 4) is 6.07 Å². The number of carbonyl (C=O) groups excluding carboxylic acids is 1. The lowest BCUT2D eigenvalue weighted by Gasteiger charge is -2.35. The zero-order valence-corrected chi connectivity index (χ0v) is 10.4. The van der Waals surface area contributed by atoms with E-state index >= 15 is 0 Å². The van der Waals surface area contributed by atoms with Gasteiger partial charge >= 0.3 is 0 Å². The van der Waals surface area contributed by atoms with Gasteiger partial charge in [0.05, 0.1) is 5.56 Å². The van der Waals surface area contributed by atoms with E-state index in [1.54, 1.807) is 25.4 Å². The molecule has 0 bridgehead atoms. The fourth-order valence-electron chi connectivity index (χ4n) is 2.34. The molecule has 1 aliphatic heterocycles. The summed E-state index contributed by atoms with van der Waals surface area (Å²) in [6, 6.07) is 5.39. The van der Waals surface area contributed by atoms with Crippen molar-refractivity contribution in [2.45, 2.75) is 25.3 Å². The fourth-order valence-corrected chi connectivity index (χ4v) is 2.34. The van der Waals surface area contributed by atoms with Gasteiger partial charge in [-0.1, -0.05) is 0 Å². The first-order chi connectivity index (χ1) is 8.77. The number of nitriles is 1. The normalized spacial score (nSPS) is 19.1. The molecule has 2 rings (SSSR count). The first-order valence-electron chi connectivity index (χ1n) is 6.11. The molecule has 1 saturated heterocycles. The average molecular weight is 244 g/mol. The Morgan fingerprint density at radius 2 is 2.44 bits per heavy atom. The lowest BCUT2D eigenvalue weighted by Crippen LogP contribution is -2.49. The summed E-state index contributed by atoms with van der Waals surface area (Å²) in [4.78, 5) is 18.1. The van der Waals surface area contributed by atoms with E-state index in [1.807, 2.05) is 4.90 Å². The van der Waals surface area contributed by atoms with Gasteiger partial charge in [-0.3, -0.25) is 4.79 Å². The molecule has 0 spiro atoms. The van der Waals surface area contributed by atoms with Crippen molar-refractivity contribution < 1.29 is 4.79 Å². The zero-order valence-electron chi connectivity index (χ0n) is 10.4. The van der Waals surface area contributed by atoms with Crippen LogP contribution in [0.5, 0.6) is 0 Å². The minimum Gasteiger partial charge on any atom is -0.357 e. The van der Waals surface area contributed by atoms with Gasteiger partial charge in [-0.2, -0.15) is 5.26 Å². The minimum atomic E-state index is -0.217. The summed E-state index contributed by atoms with van der Waals surface area (Å²) < 4.78 is 0. The van der Waals surface area contributed by atoms with E-state index in [4.69, 9.17) is 5.26 Å². The van der Waals surface area contributed by atoms with Gasteiger partial charge < -0.3 is 10.2 Å². The van der Waals surface area contributed by atoms with E-state index in [-0.39, 0.29) is 11.9 Å². The molecule has 5 nitrogen and oxygen atoms in total. The number of amides is 1. The molecule has 0 aliphatic carbocycles. The third-order valence-electron chi connectivity index (χ3n) is 3.23. The van der Waals surface area contributed by atoms with Crippen LogP contribution in [0.4, 0.5) is 5.82 Å². The SMILES string of the molecule is CNC(=O)C1CCCCN1c1ncccc1C#N. The molecular weight excluding hydrogens is 228 g/mol. The summed E-state index contributed by atoms with van der Waals surface area (Å²) in [6.07, 6.45) is 4.52. The Labute approximate surface area is 106 Å². The van der Waals surface area contributed by atoms with Crippen LogP contribution in [0.25, 0.3) is 0 Å². The van der Waals surface area contributed by atoms with Gasteiger partial charge in [-0.05, 0) is 31.4 Å². The van der Waals surface area contributed by atoms with Gasteiger partial charge in [0, 0.05) is 19.8 Å². The minimum absolute atomic E-state index is 0.00996. The van der Waals surface area contributed by atoms with Crippen LogP contribution < -0.4 is 10.2 Å². The maximum absolute atomic E-state index is 11.9. The number of carbonyl (C=O) groups is 1. The predicted octanol–water partition coefficient (Wildman–Crippen LogP) is 1.06. The van der Waals surface area contributed by atoms with Crippen molar-refractivity contribution in [2.75, 3.05) is 18.5 Å². The molecule has 2 heterocycles. The highest BCUT2D eigenvalue weighted by atomic mass is 16.2. The molecule has 1 amide bonds. The Hall–Kier alpha value is -2.09. The smallest absolute Gasteiger partial charge is 0.242 e. The van der Waals surface area contributed by atoms with Crippen molar-refractivity contribution in [1.29, 1.82) is 5.26 Å². The molecule has 0 aromatic carbocycles. The lowest BCUT2D eigenvalue weighted by atomic mass is 10.0. The van der Waals surface area contributed by atoms with Crippen LogP contribution in [-0.4, -0.2) is 30.5 Å². The standard InChI is InChI=1S/C13H16N4O/c1-15-13(18)11-6-2-3-8-17(11)12-10(9-14)5-4-7-16-12/h4-5,7,11H,2-3,6,8H2,1H3,(H,15,18). The number of nitrogens with zero attached hydrogens (tertiary/aromatic N) is 3. The van der Waals surface area contributed by atoms with Gasteiger partial charge in [0.25, 0.3) is 0 Å². The van der Waals surface area contributed by atoms with Crippen molar-refractivity contribution in [1.82, 2.24) is 10.3 Å². The van der Waals surface area contributed by atoms with E-state index in [1.165, 1.54) is 0 Å². The Morgan fingerprint density at radius 1 is 1.61 bits per heavy atom. The highest BCUT2D eigenvalue weighted by Crippen LogP contribution is 2.25. The number of piperidine rings is 1. The van der Waals surface area contributed by atoms with Gasteiger partial charge in [0.1, 0.15) is 17.9 Å². The quantitative estimate of drug-likeness (QED) is 0.844. The largest absolute Gasteiger partial charge is 0.357 e. The van der Waals surface area contributed by atoms with E-state index in [9.17, 15) is 4.79 Å². The van der Waals surface area contributed by atoms with Crippen LogP contribution in [-0.2, 0) is 4.79 Å². The van der Waals surface area contributed by atoms with Gasteiger partial charge in [0.15, 0.2) is 0 Å². The maximum Gasteiger partial charge on any atom is 0.242 e. The van der Waals surface area contributed by atoms with Crippen molar-refractivity contribution >= 4 is 11.7 Å². The summed E-state index contributed by atoms with van der Waals surface area (Å²) in [5.41, 5.74) is 0.522. The summed E-state index contributed by atoms with van der Waals surface area (Å²) in [5, 5.41) is 11.8. The molecule has 1 fully saturated rings. The predicted molar refractivity (Wildman–Crippen MR) is 68.0 cm³/mol. The summed E-state index contributed by atoms with van der Waals surface area (Å²) in [6.45, 7) is 0.768. The number of aromatic nitrogens is 1. The average Bonchev–Trinajstić information content (AvgIpc) is 2.46. The maximum atomic E-state index is 11.9. The molecule has 1 aromatic heterocycles. The summed E-state index contributed by atoms with van der Waals surface area (Å²) >= 11 is 0. The van der Waals surface area contributed by atoms with Crippen LogP contribution in [0.3, 0.4) is 0 Å². The molecule has 1 N–H and O–H groups in total. The highest BCUT2D eigenvalue weighted by molar-refractivity contribution is 5.85. The second-order valence-corrected chi connectivity index (χ2v) is 4.31. The molecule has 0 saturated carbocycles. The zero-order chi connectivity index (χ0) is 13.0.